The highest BCUT2D eigenvalue weighted by Gasteiger charge is 2.40. The molecule has 1 aliphatic carbocycles. The molecule has 5 nitrogen and oxygen atoms in total. The van der Waals surface area contributed by atoms with E-state index in [2.05, 4.69) is 10.3 Å². The van der Waals surface area contributed by atoms with Crippen LogP contribution in [0, 0.1) is 0 Å². The van der Waals surface area contributed by atoms with Gasteiger partial charge in [0.05, 0.1) is 17.5 Å². The van der Waals surface area contributed by atoms with Crippen LogP contribution in [-0.2, 0) is 4.79 Å². The van der Waals surface area contributed by atoms with Crippen LogP contribution in [0.3, 0.4) is 0 Å². The molecule has 2 N–H and O–H groups in total. The fourth-order valence-electron chi connectivity index (χ4n) is 2.84. The number of hydrogen-bond acceptors (Lipinski definition) is 3. The van der Waals surface area contributed by atoms with Gasteiger partial charge in [0.15, 0.2) is 0 Å². The smallest absolute Gasteiger partial charge is 0.305 e. The number of carboxylic acids is 1. The number of aliphatic carboxylic acids is 1. The molecule has 3 rings (SSSR count). The van der Waals surface area contributed by atoms with E-state index in [0.717, 1.165) is 17.2 Å². The number of fused-ring (bicyclic) bond motifs is 1. The standard InChI is InChI=1S/C16H16N2O3/c19-14(20)8-16(6-3-7-16)18-15(21)13-10-17-9-11-4-1-2-5-12(11)13/h1-2,4-5,9-10H,3,6-8H2,(H,18,21)(H,19,20). The lowest BCUT2D eigenvalue weighted by atomic mass is 9.74. The second-order valence-electron chi connectivity index (χ2n) is 5.57. The molecule has 2 aromatic rings. The van der Waals surface area contributed by atoms with Gasteiger partial charge < -0.3 is 10.4 Å². The van der Waals surface area contributed by atoms with E-state index in [9.17, 15) is 9.59 Å². The number of nitrogens with one attached hydrogen (secondary N) is 1. The van der Waals surface area contributed by atoms with Crippen LogP contribution in [0.2, 0.25) is 0 Å². The molecule has 0 aliphatic heterocycles. The molecule has 1 saturated carbocycles. The topological polar surface area (TPSA) is 79.3 Å². The third kappa shape index (κ3) is 2.59. The minimum atomic E-state index is -0.883. The number of benzene rings is 1. The van der Waals surface area contributed by atoms with Crippen molar-refractivity contribution in [3.8, 4) is 0 Å². The zero-order valence-electron chi connectivity index (χ0n) is 11.5. The summed E-state index contributed by atoms with van der Waals surface area (Å²) >= 11 is 0. The maximum Gasteiger partial charge on any atom is 0.305 e. The van der Waals surface area contributed by atoms with Crippen LogP contribution in [0.1, 0.15) is 36.0 Å². The van der Waals surface area contributed by atoms with Gasteiger partial charge in [-0.15, -0.1) is 0 Å². The summed E-state index contributed by atoms with van der Waals surface area (Å²) < 4.78 is 0. The highest BCUT2D eigenvalue weighted by Crippen LogP contribution is 2.35. The van der Waals surface area contributed by atoms with E-state index in [1.54, 1.807) is 6.20 Å². The van der Waals surface area contributed by atoms with E-state index in [-0.39, 0.29) is 12.3 Å². The zero-order chi connectivity index (χ0) is 14.9. The molecule has 1 aromatic carbocycles. The van der Waals surface area contributed by atoms with Gasteiger partial charge in [-0.25, -0.2) is 0 Å². The van der Waals surface area contributed by atoms with Gasteiger partial charge in [-0.2, -0.15) is 0 Å². The molecule has 0 unspecified atom stereocenters. The zero-order valence-corrected chi connectivity index (χ0v) is 11.5. The Morgan fingerprint density at radius 3 is 2.67 bits per heavy atom. The third-order valence-corrected chi connectivity index (χ3v) is 4.09. The van der Waals surface area contributed by atoms with E-state index >= 15 is 0 Å². The Balaban J connectivity index is 1.89. The number of hydrogen-bond donors (Lipinski definition) is 2. The molecular formula is C16H16N2O3. The first-order chi connectivity index (χ1) is 10.1. The Hall–Kier alpha value is -2.43. The molecule has 0 bridgehead atoms. The van der Waals surface area contributed by atoms with Crippen LogP contribution in [0.15, 0.2) is 36.7 Å². The van der Waals surface area contributed by atoms with Crippen LogP contribution in [0.4, 0.5) is 0 Å². The van der Waals surface area contributed by atoms with Crippen molar-refractivity contribution in [1.82, 2.24) is 10.3 Å². The molecule has 1 amide bonds. The van der Waals surface area contributed by atoms with Crippen molar-refractivity contribution in [1.29, 1.82) is 0 Å². The van der Waals surface area contributed by atoms with Gasteiger partial charge in [0, 0.05) is 17.8 Å². The summed E-state index contributed by atoms with van der Waals surface area (Å²) in [4.78, 5) is 27.6. The van der Waals surface area contributed by atoms with Crippen molar-refractivity contribution in [3.63, 3.8) is 0 Å². The Labute approximate surface area is 122 Å². The van der Waals surface area contributed by atoms with Crippen molar-refractivity contribution >= 4 is 22.6 Å². The summed E-state index contributed by atoms with van der Waals surface area (Å²) in [6.07, 6.45) is 5.58. The maximum atomic E-state index is 12.5. The number of pyridine rings is 1. The van der Waals surface area contributed by atoms with E-state index in [1.165, 1.54) is 6.20 Å². The molecule has 1 aliphatic rings. The third-order valence-electron chi connectivity index (χ3n) is 4.09. The average Bonchev–Trinajstić information content (AvgIpc) is 2.43. The van der Waals surface area contributed by atoms with Gasteiger partial charge >= 0.3 is 5.97 Å². The van der Waals surface area contributed by atoms with Gasteiger partial charge in [-0.3, -0.25) is 14.6 Å². The predicted molar refractivity (Wildman–Crippen MR) is 78.0 cm³/mol. The summed E-state index contributed by atoms with van der Waals surface area (Å²) in [5.41, 5.74) is -0.107. The first kappa shape index (κ1) is 13.5. The van der Waals surface area contributed by atoms with Gasteiger partial charge in [0.1, 0.15) is 0 Å². The lowest BCUT2D eigenvalue weighted by molar-refractivity contribution is -0.139. The van der Waals surface area contributed by atoms with Gasteiger partial charge in [0.2, 0.25) is 0 Å². The normalized spacial score (nSPS) is 16.2. The summed E-state index contributed by atoms with van der Waals surface area (Å²) in [5.74, 6) is -1.13. The molecule has 1 aromatic heterocycles. The molecule has 0 radical (unpaired) electrons. The van der Waals surface area contributed by atoms with E-state index in [4.69, 9.17) is 5.11 Å². The quantitative estimate of drug-likeness (QED) is 0.903. The van der Waals surface area contributed by atoms with Crippen molar-refractivity contribution in [3.05, 3.63) is 42.2 Å². The lowest BCUT2D eigenvalue weighted by Crippen LogP contribution is -2.54. The Morgan fingerprint density at radius 2 is 2.00 bits per heavy atom. The predicted octanol–water partition coefficient (Wildman–Crippen LogP) is 2.36. The van der Waals surface area contributed by atoms with Crippen LogP contribution in [-0.4, -0.2) is 27.5 Å². The largest absolute Gasteiger partial charge is 0.481 e. The molecule has 0 atom stereocenters. The molecule has 0 spiro atoms. The Morgan fingerprint density at radius 1 is 1.24 bits per heavy atom. The van der Waals surface area contributed by atoms with E-state index < -0.39 is 11.5 Å². The summed E-state index contributed by atoms with van der Waals surface area (Å²) in [6, 6.07) is 7.53. The number of carbonyl (C=O) groups excluding carboxylic acids is 1. The number of aromatic nitrogens is 1. The summed E-state index contributed by atoms with van der Waals surface area (Å²) in [5, 5.41) is 13.6. The number of carboxylic acid groups (broad SMARTS) is 1. The number of amides is 1. The van der Waals surface area contributed by atoms with Gasteiger partial charge in [0.25, 0.3) is 5.91 Å². The van der Waals surface area contributed by atoms with Crippen LogP contribution in [0.25, 0.3) is 10.8 Å². The molecule has 5 heteroatoms. The maximum absolute atomic E-state index is 12.5. The number of rotatable bonds is 4. The molecule has 1 heterocycles. The molecule has 1 fully saturated rings. The monoisotopic (exact) mass is 284 g/mol. The van der Waals surface area contributed by atoms with Crippen molar-refractivity contribution in [2.45, 2.75) is 31.2 Å². The second-order valence-corrected chi connectivity index (χ2v) is 5.57. The summed E-state index contributed by atoms with van der Waals surface area (Å²) in [7, 11) is 0. The number of carbonyl (C=O) groups is 2. The lowest BCUT2D eigenvalue weighted by Gasteiger charge is -2.41. The summed E-state index contributed by atoms with van der Waals surface area (Å²) in [6.45, 7) is 0. The molecular weight excluding hydrogens is 268 g/mol. The minimum Gasteiger partial charge on any atom is -0.481 e. The van der Waals surface area contributed by atoms with Crippen LogP contribution in [0.5, 0.6) is 0 Å². The fourth-order valence-corrected chi connectivity index (χ4v) is 2.84. The van der Waals surface area contributed by atoms with E-state index in [1.807, 2.05) is 24.3 Å². The number of nitrogens with zero attached hydrogens (tertiary/aromatic N) is 1. The van der Waals surface area contributed by atoms with Gasteiger partial charge in [-0.05, 0) is 24.6 Å². The Bertz CT molecular complexity index is 702. The van der Waals surface area contributed by atoms with Crippen molar-refractivity contribution in [2.24, 2.45) is 0 Å². The Kier molecular flexibility index (Phi) is 3.33. The highest BCUT2D eigenvalue weighted by molar-refractivity contribution is 6.06. The average molecular weight is 284 g/mol. The van der Waals surface area contributed by atoms with Crippen LogP contribution < -0.4 is 5.32 Å². The molecule has 21 heavy (non-hydrogen) atoms. The van der Waals surface area contributed by atoms with Gasteiger partial charge in [-0.1, -0.05) is 24.3 Å². The fraction of sp³-hybridized carbons (Fsp3) is 0.312. The SMILES string of the molecule is O=C(O)CC1(NC(=O)c2cncc3ccccc23)CCC1. The molecule has 108 valence electrons. The highest BCUT2D eigenvalue weighted by atomic mass is 16.4. The van der Waals surface area contributed by atoms with E-state index in [0.29, 0.717) is 18.4 Å². The van der Waals surface area contributed by atoms with Crippen molar-refractivity contribution < 1.29 is 14.7 Å². The molecule has 0 saturated heterocycles. The van der Waals surface area contributed by atoms with Crippen LogP contribution >= 0.6 is 0 Å². The second kappa shape index (κ2) is 5.16. The minimum absolute atomic E-state index is 0.0308. The first-order valence-corrected chi connectivity index (χ1v) is 6.97. The van der Waals surface area contributed by atoms with Crippen molar-refractivity contribution in [2.75, 3.05) is 0 Å². The first-order valence-electron chi connectivity index (χ1n) is 6.97.